The van der Waals surface area contributed by atoms with Crippen molar-refractivity contribution in [3.63, 3.8) is 0 Å². The smallest absolute Gasteiger partial charge is 0.315 e. The highest BCUT2D eigenvalue weighted by Crippen LogP contribution is 2.32. The molecule has 0 aromatic heterocycles. The maximum Gasteiger partial charge on any atom is 0.315 e. The molecule has 3 atom stereocenters. The molecule has 1 aliphatic rings. The van der Waals surface area contributed by atoms with E-state index in [9.17, 15) is 9.59 Å². The standard InChI is InChI=1S/C53H96O4/c1-4-6-8-10-12-14-16-18-20-22-24-26-28-30-32-34-36-38-40-42-47-56-52(54)50-46-44-45-49(3)51(50)53(55)57-48-43-41-39-37-35-33-31-29-27-25-23-21-19-17-15-13-11-9-7-5-2/h42-45,47-51H,4-41,46H2,1-3H3. The van der Waals surface area contributed by atoms with Gasteiger partial charge in [0.25, 0.3) is 0 Å². The van der Waals surface area contributed by atoms with Crippen LogP contribution in [0.2, 0.25) is 0 Å². The number of ether oxygens (including phenoxy) is 2. The second-order valence-corrected chi connectivity index (χ2v) is 17.9. The van der Waals surface area contributed by atoms with Gasteiger partial charge in [-0.2, -0.15) is 0 Å². The van der Waals surface area contributed by atoms with Crippen LogP contribution in [0, 0.1) is 17.8 Å². The first kappa shape index (κ1) is 53.2. The molecule has 0 aliphatic heterocycles. The van der Waals surface area contributed by atoms with E-state index in [1.807, 2.05) is 31.2 Å². The van der Waals surface area contributed by atoms with Crippen LogP contribution in [0.1, 0.15) is 271 Å². The van der Waals surface area contributed by atoms with Crippen molar-refractivity contribution in [3.05, 3.63) is 36.8 Å². The molecule has 0 bridgehead atoms. The quantitative estimate of drug-likeness (QED) is 0.0267. The molecule has 1 aliphatic carbocycles. The summed E-state index contributed by atoms with van der Waals surface area (Å²) in [5.74, 6) is -1.73. The molecule has 0 aromatic rings. The van der Waals surface area contributed by atoms with E-state index in [0.717, 1.165) is 25.7 Å². The van der Waals surface area contributed by atoms with Crippen molar-refractivity contribution >= 4 is 11.9 Å². The van der Waals surface area contributed by atoms with Gasteiger partial charge in [0.15, 0.2) is 0 Å². The molecule has 0 aromatic carbocycles. The molecule has 0 N–H and O–H groups in total. The van der Waals surface area contributed by atoms with Crippen LogP contribution in [-0.2, 0) is 19.1 Å². The van der Waals surface area contributed by atoms with Crippen LogP contribution in [0.25, 0.3) is 0 Å². The van der Waals surface area contributed by atoms with Gasteiger partial charge in [0.05, 0.1) is 24.4 Å². The average Bonchev–Trinajstić information content (AvgIpc) is 3.21. The normalized spacial score (nSPS) is 16.9. The van der Waals surface area contributed by atoms with E-state index >= 15 is 0 Å². The van der Waals surface area contributed by atoms with E-state index in [4.69, 9.17) is 9.47 Å². The summed E-state index contributed by atoms with van der Waals surface area (Å²) in [6, 6.07) is 0. The zero-order chi connectivity index (χ0) is 41.1. The van der Waals surface area contributed by atoms with Gasteiger partial charge in [-0.25, -0.2) is 0 Å². The summed E-state index contributed by atoms with van der Waals surface area (Å²) in [4.78, 5) is 26.0. The SMILES string of the molecule is CCCCCCCCCCCCCCCCCCCCC=COC(=O)C1CC=CC(C)C1C(=O)OC=CCCCCCCCCCCCCCCCCCCCC. The second kappa shape index (κ2) is 42.3. The van der Waals surface area contributed by atoms with E-state index in [1.54, 1.807) is 12.5 Å². The van der Waals surface area contributed by atoms with Gasteiger partial charge in [0.1, 0.15) is 0 Å². The highest BCUT2D eigenvalue weighted by Gasteiger charge is 2.40. The molecule has 4 heteroatoms. The molecule has 57 heavy (non-hydrogen) atoms. The minimum atomic E-state index is -0.513. The average molecular weight is 797 g/mol. The Morgan fingerprint density at radius 2 is 0.719 bits per heavy atom. The predicted molar refractivity (Wildman–Crippen MR) is 247 cm³/mol. The van der Waals surface area contributed by atoms with Gasteiger partial charge in [-0.3, -0.25) is 9.59 Å². The minimum absolute atomic E-state index is 0.0594. The Balaban J connectivity index is 2.01. The van der Waals surface area contributed by atoms with Crippen LogP contribution in [0.15, 0.2) is 36.8 Å². The van der Waals surface area contributed by atoms with Crippen molar-refractivity contribution in [1.82, 2.24) is 0 Å². The molecule has 0 radical (unpaired) electrons. The lowest BCUT2D eigenvalue weighted by Crippen LogP contribution is -2.36. The van der Waals surface area contributed by atoms with Crippen LogP contribution in [0.3, 0.4) is 0 Å². The molecule has 0 saturated carbocycles. The molecule has 0 fully saturated rings. The van der Waals surface area contributed by atoms with Gasteiger partial charge < -0.3 is 9.47 Å². The fraction of sp³-hybridized carbons (Fsp3) is 0.849. The molecule has 0 spiro atoms. The summed E-state index contributed by atoms with van der Waals surface area (Å²) >= 11 is 0. The summed E-state index contributed by atoms with van der Waals surface area (Å²) in [6.07, 6.45) is 62.9. The van der Waals surface area contributed by atoms with Crippen molar-refractivity contribution in [2.75, 3.05) is 0 Å². The van der Waals surface area contributed by atoms with Crippen LogP contribution >= 0.6 is 0 Å². The van der Waals surface area contributed by atoms with Crippen molar-refractivity contribution in [2.45, 2.75) is 271 Å². The fourth-order valence-corrected chi connectivity index (χ4v) is 8.55. The third-order valence-electron chi connectivity index (χ3n) is 12.4. The van der Waals surface area contributed by atoms with Crippen molar-refractivity contribution in [2.24, 2.45) is 17.8 Å². The number of hydrogen-bond acceptors (Lipinski definition) is 4. The summed E-state index contributed by atoms with van der Waals surface area (Å²) in [7, 11) is 0. The Hall–Kier alpha value is -1.84. The Labute approximate surface area is 355 Å². The first-order valence-corrected chi connectivity index (χ1v) is 25.5. The maximum absolute atomic E-state index is 13.1. The monoisotopic (exact) mass is 797 g/mol. The number of allylic oxidation sites excluding steroid dienone is 4. The third kappa shape index (κ3) is 33.7. The molecule has 0 saturated heterocycles. The van der Waals surface area contributed by atoms with Gasteiger partial charge in [0.2, 0.25) is 0 Å². The summed E-state index contributed by atoms with van der Waals surface area (Å²) in [6.45, 7) is 6.56. The lowest BCUT2D eigenvalue weighted by atomic mass is 9.76. The number of hydrogen-bond donors (Lipinski definition) is 0. The van der Waals surface area contributed by atoms with Gasteiger partial charge in [-0.1, -0.05) is 251 Å². The van der Waals surface area contributed by atoms with Gasteiger partial charge in [-0.15, -0.1) is 0 Å². The Bertz CT molecular complexity index is 966. The molecular formula is C53H96O4. The molecular weight excluding hydrogens is 701 g/mol. The third-order valence-corrected chi connectivity index (χ3v) is 12.4. The molecule has 3 unspecified atom stereocenters. The number of carbonyl (C=O) groups excluding carboxylic acids is 2. The fourth-order valence-electron chi connectivity index (χ4n) is 8.55. The zero-order valence-electron chi connectivity index (χ0n) is 38.4. The minimum Gasteiger partial charge on any atom is -0.435 e. The molecule has 1 rings (SSSR count). The van der Waals surface area contributed by atoms with Crippen molar-refractivity contribution in [3.8, 4) is 0 Å². The Morgan fingerprint density at radius 1 is 0.439 bits per heavy atom. The first-order chi connectivity index (χ1) is 28.1. The number of esters is 2. The number of rotatable bonds is 42. The summed E-state index contributed by atoms with van der Waals surface area (Å²) in [5.41, 5.74) is 0. The number of carbonyl (C=O) groups is 2. The van der Waals surface area contributed by atoms with Crippen LogP contribution in [0.4, 0.5) is 0 Å². The highest BCUT2D eigenvalue weighted by molar-refractivity contribution is 5.83. The van der Waals surface area contributed by atoms with E-state index < -0.39 is 11.8 Å². The lowest BCUT2D eigenvalue weighted by molar-refractivity contribution is -0.156. The Morgan fingerprint density at radius 3 is 1.04 bits per heavy atom. The first-order valence-electron chi connectivity index (χ1n) is 25.5. The zero-order valence-corrected chi connectivity index (χ0v) is 38.4. The van der Waals surface area contributed by atoms with Crippen LogP contribution < -0.4 is 0 Å². The van der Waals surface area contributed by atoms with E-state index in [2.05, 4.69) is 13.8 Å². The van der Waals surface area contributed by atoms with E-state index in [0.29, 0.717) is 6.42 Å². The second-order valence-electron chi connectivity index (χ2n) is 17.9. The van der Waals surface area contributed by atoms with Crippen molar-refractivity contribution < 1.29 is 19.1 Å². The van der Waals surface area contributed by atoms with Gasteiger partial charge in [-0.05, 0) is 50.2 Å². The van der Waals surface area contributed by atoms with Gasteiger partial charge >= 0.3 is 11.9 Å². The topological polar surface area (TPSA) is 52.6 Å². The molecule has 332 valence electrons. The highest BCUT2D eigenvalue weighted by atomic mass is 16.5. The van der Waals surface area contributed by atoms with Gasteiger partial charge in [0, 0.05) is 0 Å². The van der Waals surface area contributed by atoms with E-state index in [1.165, 1.54) is 218 Å². The van der Waals surface area contributed by atoms with Crippen LogP contribution in [-0.4, -0.2) is 11.9 Å². The maximum atomic E-state index is 13.1. The van der Waals surface area contributed by atoms with E-state index in [-0.39, 0.29) is 17.9 Å². The summed E-state index contributed by atoms with van der Waals surface area (Å²) < 4.78 is 11.1. The predicted octanol–water partition coefficient (Wildman–Crippen LogP) is 17.8. The Kier molecular flexibility index (Phi) is 39.5. The largest absolute Gasteiger partial charge is 0.435 e. The molecule has 0 amide bonds. The molecule has 0 heterocycles. The number of unbranched alkanes of at least 4 members (excludes halogenated alkanes) is 36. The lowest BCUT2D eigenvalue weighted by Gasteiger charge is -2.28. The summed E-state index contributed by atoms with van der Waals surface area (Å²) in [5, 5.41) is 0. The van der Waals surface area contributed by atoms with Crippen LogP contribution in [0.5, 0.6) is 0 Å². The molecule has 4 nitrogen and oxygen atoms in total. The van der Waals surface area contributed by atoms with Crippen molar-refractivity contribution in [1.29, 1.82) is 0 Å².